The van der Waals surface area contributed by atoms with Crippen LogP contribution in [-0.2, 0) is 40.5 Å². The lowest BCUT2D eigenvalue weighted by Gasteiger charge is -2.15. The first-order chi connectivity index (χ1) is 28.6. The molecular formula is C37H30N4O17S4. The minimum Gasteiger partial charge on any atom is -0.507 e. The van der Waals surface area contributed by atoms with Crippen LogP contribution in [0.4, 0.5) is 27.5 Å². The van der Waals surface area contributed by atoms with Gasteiger partial charge in [0.15, 0.2) is 0 Å². The standard InChI is InChI=1S/C37H30N4O17S4/c1-17-3-5-21(11-27(17)35(44)40-29-13-23(59(47,48)49)7-19-9-25(61(53,54)55)15-31(42)33(19)29)38-37(46)39-22-6-4-18(2)28(12-22)36(45)41-30-14-24(60(50,51)52)8-20-10-26(62(56,57)58)16-32(43)34(20)30/h3-16,42-43H,1-2H3,(H,40,44)(H,41,45)(H2,38,39,46)(H,47,48,49)(H,50,51,52)(H,53,54,55)(H,56,57,58). The normalized spacial score (nSPS) is 12.2. The second-order valence-electron chi connectivity index (χ2n) is 13.5. The van der Waals surface area contributed by atoms with Crippen molar-refractivity contribution in [3.63, 3.8) is 0 Å². The van der Waals surface area contributed by atoms with Crippen molar-refractivity contribution in [3.8, 4) is 11.5 Å². The molecule has 0 atom stereocenters. The van der Waals surface area contributed by atoms with Crippen molar-refractivity contribution in [2.75, 3.05) is 21.3 Å². The fourth-order valence-corrected chi connectivity index (χ4v) is 8.39. The third-order valence-corrected chi connectivity index (χ3v) is 12.4. The van der Waals surface area contributed by atoms with Gasteiger partial charge in [-0.15, -0.1) is 0 Å². The van der Waals surface area contributed by atoms with E-state index in [1.165, 1.54) is 50.2 Å². The first-order valence-electron chi connectivity index (χ1n) is 17.0. The first kappa shape index (κ1) is 44.8. The molecule has 324 valence electrons. The van der Waals surface area contributed by atoms with Crippen molar-refractivity contribution in [3.05, 3.63) is 107 Å². The molecule has 0 unspecified atom stereocenters. The summed E-state index contributed by atoms with van der Waals surface area (Å²) < 4.78 is 134. The Hall–Kier alpha value is -6.71. The number of hydrogen-bond acceptors (Lipinski definition) is 13. The maximum atomic E-state index is 13.6. The number of fused-ring (bicyclic) bond motifs is 2. The third kappa shape index (κ3) is 9.59. The summed E-state index contributed by atoms with van der Waals surface area (Å²) in [6, 6.07) is 13.4. The van der Waals surface area contributed by atoms with Gasteiger partial charge < -0.3 is 31.5 Å². The first-order valence-corrected chi connectivity index (χ1v) is 22.8. The molecular weight excluding hydrogens is 901 g/mol. The molecule has 0 bridgehead atoms. The monoisotopic (exact) mass is 930 g/mol. The van der Waals surface area contributed by atoms with Gasteiger partial charge >= 0.3 is 6.03 Å². The maximum Gasteiger partial charge on any atom is 0.323 e. The van der Waals surface area contributed by atoms with E-state index in [9.17, 15) is 76.5 Å². The highest BCUT2D eigenvalue weighted by molar-refractivity contribution is 7.86. The molecule has 0 aliphatic carbocycles. The van der Waals surface area contributed by atoms with Gasteiger partial charge in [0.2, 0.25) is 0 Å². The van der Waals surface area contributed by atoms with Crippen LogP contribution in [-0.4, -0.2) is 79.9 Å². The lowest BCUT2D eigenvalue weighted by molar-refractivity contribution is 0.101. The van der Waals surface area contributed by atoms with Gasteiger partial charge in [-0.2, -0.15) is 33.7 Å². The molecule has 0 radical (unpaired) electrons. The zero-order chi connectivity index (χ0) is 45.9. The number of amides is 4. The second-order valence-corrected chi connectivity index (χ2v) is 19.2. The highest BCUT2D eigenvalue weighted by Crippen LogP contribution is 2.39. The number of nitrogens with one attached hydrogen (secondary N) is 4. The van der Waals surface area contributed by atoms with Crippen LogP contribution in [0.1, 0.15) is 31.8 Å². The third-order valence-electron chi connectivity index (χ3n) is 9.12. The van der Waals surface area contributed by atoms with Crippen LogP contribution in [0.15, 0.2) is 105 Å². The predicted molar refractivity (Wildman–Crippen MR) is 221 cm³/mol. The van der Waals surface area contributed by atoms with Crippen molar-refractivity contribution in [1.29, 1.82) is 0 Å². The molecule has 6 aromatic rings. The van der Waals surface area contributed by atoms with Gasteiger partial charge in [-0.1, -0.05) is 12.1 Å². The number of carbonyl (C=O) groups excluding carboxylic acids is 3. The van der Waals surface area contributed by atoms with Gasteiger partial charge in [0.05, 0.1) is 31.0 Å². The Balaban J connectivity index is 1.25. The second kappa shape index (κ2) is 16.0. The van der Waals surface area contributed by atoms with E-state index in [2.05, 4.69) is 21.3 Å². The topological polar surface area (TPSA) is 357 Å². The van der Waals surface area contributed by atoms with Crippen molar-refractivity contribution in [1.82, 2.24) is 0 Å². The minimum atomic E-state index is -4.96. The van der Waals surface area contributed by atoms with E-state index in [1.807, 2.05) is 0 Å². The van der Waals surface area contributed by atoms with Gasteiger partial charge in [-0.05, 0) is 96.4 Å². The van der Waals surface area contributed by atoms with Crippen molar-refractivity contribution in [2.24, 2.45) is 0 Å². The van der Waals surface area contributed by atoms with Crippen LogP contribution >= 0.6 is 0 Å². The summed E-state index contributed by atoms with van der Waals surface area (Å²) in [7, 11) is -19.7. The van der Waals surface area contributed by atoms with E-state index in [4.69, 9.17) is 0 Å². The van der Waals surface area contributed by atoms with Gasteiger partial charge in [0.25, 0.3) is 52.3 Å². The summed E-state index contributed by atoms with van der Waals surface area (Å²) in [6.07, 6.45) is 0. The average Bonchev–Trinajstić information content (AvgIpc) is 3.14. The van der Waals surface area contributed by atoms with E-state index in [0.717, 1.165) is 36.4 Å². The molecule has 0 aromatic heterocycles. The lowest BCUT2D eigenvalue weighted by atomic mass is 10.0. The van der Waals surface area contributed by atoms with Crippen molar-refractivity contribution in [2.45, 2.75) is 33.4 Å². The molecule has 62 heavy (non-hydrogen) atoms. The number of aromatic hydroxyl groups is 2. The molecule has 0 aliphatic heterocycles. The molecule has 4 amide bonds. The molecule has 0 saturated heterocycles. The van der Waals surface area contributed by atoms with Crippen molar-refractivity contribution < 1.29 is 76.5 Å². The zero-order valence-corrected chi connectivity index (χ0v) is 34.7. The molecule has 0 saturated carbocycles. The molecule has 0 heterocycles. The largest absolute Gasteiger partial charge is 0.507 e. The summed E-state index contributed by atoms with van der Waals surface area (Å²) in [5.41, 5.74) is -0.250. The SMILES string of the molecule is Cc1ccc(NC(=O)Nc2ccc(C)c(C(=O)Nc3cc(S(=O)(=O)O)cc4cc(S(=O)(=O)O)cc(O)c34)c2)cc1C(=O)Nc1cc(S(=O)(=O)O)cc2cc(S(=O)(=O)O)cc(O)c12. The van der Waals surface area contributed by atoms with Gasteiger partial charge in [0, 0.05) is 45.4 Å². The van der Waals surface area contributed by atoms with E-state index in [-0.39, 0.29) is 44.0 Å². The van der Waals surface area contributed by atoms with E-state index < -0.39 is 101 Å². The molecule has 0 fully saturated rings. The number of anilines is 4. The van der Waals surface area contributed by atoms with Gasteiger partial charge in [0.1, 0.15) is 11.5 Å². The van der Waals surface area contributed by atoms with E-state index >= 15 is 0 Å². The molecule has 0 spiro atoms. The Morgan fingerprint density at radius 1 is 0.435 bits per heavy atom. The summed E-state index contributed by atoms with van der Waals surface area (Å²) in [4.78, 5) is 37.1. The predicted octanol–water partition coefficient (Wildman–Crippen LogP) is 5.16. The van der Waals surface area contributed by atoms with Crippen LogP contribution in [0.2, 0.25) is 0 Å². The molecule has 21 nitrogen and oxygen atoms in total. The van der Waals surface area contributed by atoms with Crippen molar-refractivity contribution >= 4 is 103 Å². The molecule has 25 heteroatoms. The smallest absolute Gasteiger partial charge is 0.323 e. The Morgan fingerprint density at radius 3 is 1.05 bits per heavy atom. The summed E-state index contributed by atoms with van der Waals surface area (Å²) >= 11 is 0. The van der Waals surface area contributed by atoms with E-state index in [0.29, 0.717) is 23.3 Å². The fraction of sp³-hybridized carbons (Fsp3) is 0.0541. The zero-order valence-electron chi connectivity index (χ0n) is 31.4. The Kier molecular flexibility index (Phi) is 11.5. The highest BCUT2D eigenvalue weighted by Gasteiger charge is 2.24. The quantitative estimate of drug-likeness (QED) is 0.0793. The molecule has 10 N–H and O–H groups in total. The summed E-state index contributed by atoms with van der Waals surface area (Å²) in [5, 5.41) is 30.0. The summed E-state index contributed by atoms with van der Waals surface area (Å²) in [5.74, 6) is -3.42. The number of hydrogen-bond donors (Lipinski definition) is 10. The molecule has 0 aliphatic rings. The van der Waals surface area contributed by atoms with Gasteiger partial charge in [-0.25, -0.2) is 4.79 Å². The number of rotatable bonds is 10. The highest BCUT2D eigenvalue weighted by atomic mass is 32.2. The molecule has 6 aromatic carbocycles. The molecule has 6 rings (SSSR count). The number of phenols is 2. The van der Waals surface area contributed by atoms with Crippen LogP contribution < -0.4 is 21.3 Å². The van der Waals surface area contributed by atoms with Crippen LogP contribution in [0.25, 0.3) is 21.5 Å². The number of urea groups is 1. The number of benzene rings is 6. The average molecular weight is 931 g/mol. The number of aryl methyl sites for hydroxylation is 2. The Labute approximate surface area is 351 Å². The van der Waals surface area contributed by atoms with Crippen LogP contribution in [0.5, 0.6) is 11.5 Å². The number of carbonyl (C=O) groups is 3. The Bertz CT molecular complexity index is 3180. The Morgan fingerprint density at radius 2 is 0.742 bits per heavy atom. The minimum absolute atomic E-state index is 0.0306. The lowest BCUT2D eigenvalue weighted by Crippen LogP contribution is -2.21. The number of phenolic OH excluding ortho intramolecular Hbond substituents is 2. The summed E-state index contributed by atoms with van der Waals surface area (Å²) in [6.45, 7) is 3.03. The van der Waals surface area contributed by atoms with Crippen LogP contribution in [0.3, 0.4) is 0 Å². The van der Waals surface area contributed by atoms with Gasteiger partial charge in [-0.3, -0.25) is 27.8 Å². The maximum absolute atomic E-state index is 13.6. The van der Waals surface area contributed by atoms with E-state index in [1.54, 1.807) is 0 Å². The fourth-order valence-electron chi connectivity index (χ4n) is 6.23. The van der Waals surface area contributed by atoms with Crippen LogP contribution in [0, 0.1) is 13.8 Å².